The van der Waals surface area contributed by atoms with Gasteiger partial charge in [0.25, 0.3) is 0 Å². The molecule has 4 nitrogen and oxygen atoms in total. The first-order valence-electron chi connectivity index (χ1n) is 8.38. The van der Waals surface area contributed by atoms with Crippen LogP contribution in [0.5, 0.6) is 0 Å². The van der Waals surface area contributed by atoms with Crippen molar-refractivity contribution in [1.82, 2.24) is 4.57 Å². The number of nitriles is 1. The molecule has 0 aliphatic rings. The summed E-state index contributed by atoms with van der Waals surface area (Å²) in [6.45, 7) is 3.98. The highest BCUT2D eigenvalue weighted by Gasteiger charge is 2.12. The zero-order valence-electron chi connectivity index (χ0n) is 15.0. The van der Waals surface area contributed by atoms with E-state index in [-0.39, 0.29) is 0 Å². The Morgan fingerprint density at radius 3 is 2.41 bits per heavy atom. The molecule has 2 aromatic carbocycles. The summed E-state index contributed by atoms with van der Waals surface area (Å²) in [6.07, 6.45) is 1.85. The first-order valence-corrected chi connectivity index (χ1v) is 8.76. The average molecular weight is 376 g/mol. The minimum atomic E-state index is -0.454. The van der Waals surface area contributed by atoms with Crippen LogP contribution in [-0.4, -0.2) is 10.5 Å². The maximum absolute atomic E-state index is 11.3. The van der Waals surface area contributed by atoms with E-state index in [9.17, 15) is 10.1 Å². The number of primary amides is 1. The Hall–Kier alpha value is -3.29. The van der Waals surface area contributed by atoms with Gasteiger partial charge < -0.3 is 10.3 Å². The molecule has 0 bridgehead atoms. The van der Waals surface area contributed by atoms with E-state index in [0.717, 1.165) is 22.6 Å². The largest absolute Gasteiger partial charge is 0.366 e. The normalized spacial score (nSPS) is 11.3. The highest BCUT2D eigenvalue weighted by atomic mass is 35.5. The Kier molecular flexibility index (Phi) is 5.16. The van der Waals surface area contributed by atoms with Crippen molar-refractivity contribution in [3.63, 3.8) is 0 Å². The SMILES string of the molecule is Cc1cc(C=C(C#N)c2ccccc2Cl)c(C)n1-c1ccc(C(N)=O)cc1. The molecule has 1 heterocycles. The van der Waals surface area contributed by atoms with Crippen molar-refractivity contribution in [1.29, 1.82) is 5.26 Å². The fraction of sp³-hybridized carbons (Fsp3) is 0.0909. The molecule has 5 heteroatoms. The van der Waals surface area contributed by atoms with E-state index >= 15 is 0 Å². The summed E-state index contributed by atoms with van der Waals surface area (Å²) in [6, 6.07) is 18.7. The van der Waals surface area contributed by atoms with Crippen LogP contribution in [0.2, 0.25) is 5.02 Å². The first-order chi connectivity index (χ1) is 12.9. The molecule has 0 unspecified atom stereocenters. The van der Waals surface area contributed by atoms with Gasteiger partial charge in [0, 0.05) is 33.2 Å². The number of hydrogen-bond donors (Lipinski definition) is 1. The van der Waals surface area contributed by atoms with Crippen molar-refractivity contribution < 1.29 is 4.79 Å². The lowest BCUT2D eigenvalue weighted by Crippen LogP contribution is -2.10. The van der Waals surface area contributed by atoms with Crippen LogP contribution in [0.15, 0.2) is 54.6 Å². The maximum Gasteiger partial charge on any atom is 0.248 e. The number of allylic oxidation sites excluding steroid dienone is 1. The lowest BCUT2D eigenvalue weighted by atomic mass is 10.0. The van der Waals surface area contributed by atoms with E-state index in [1.165, 1.54) is 0 Å². The summed E-state index contributed by atoms with van der Waals surface area (Å²) in [5.74, 6) is -0.454. The van der Waals surface area contributed by atoms with Crippen LogP contribution in [0.1, 0.15) is 32.9 Å². The third kappa shape index (κ3) is 3.64. The fourth-order valence-electron chi connectivity index (χ4n) is 3.11. The summed E-state index contributed by atoms with van der Waals surface area (Å²) in [7, 11) is 0. The summed E-state index contributed by atoms with van der Waals surface area (Å²) in [4.78, 5) is 11.3. The van der Waals surface area contributed by atoms with Gasteiger partial charge in [0.1, 0.15) is 0 Å². The zero-order valence-corrected chi connectivity index (χ0v) is 15.8. The minimum absolute atomic E-state index is 0.454. The molecule has 3 rings (SSSR count). The van der Waals surface area contributed by atoms with Crippen molar-refractivity contribution in [2.75, 3.05) is 0 Å². The van der Waals surface area contributed by atoms with E-state index in [0.29, 0.717) is 21.7 Å². The van der Waals surface area contributed by atoms with Gasteiger partial charge in [-0.1, -0.05) is 29.8 Å². The molecule has 134 valence electrons. The van der Waals surface area contributed by atoms with Gasteiger partial charge in [-0.25, -0.2) is 0 Å². The highest BCUT2D eigenvalue weighted by Crippen LogP contribution is 2.28. The molecule has 0 aliphatic heterocycles. The van der Waals surface area contributed by atoms with Crippen molar-refractivity contribution in [3.8, 4) is 11.8 Å². The Bertz CT molecular complexity index is 1090. The van der Waals surface area contributed by atoms with Crippen molar-refractivity contribution in [3.05, 3.63) is 87.7 Å². The third-order valence-corrected chi connectivity index (χ3v) is 4.79. The van der Waals surface area contributed by atoms with Gasteiger partial charge in [-0.3, -0.25) is 4.79 Å². The molecule has 1 amide bonds. The Morgan fingerprint density at radius 2 is 1.81 bits per heavy atom. The summed E-state index contributed by atoms with van der Waals surface area (Å²) in [5.41, 5.74) is 10.8. The number of carbonyl (C=O) groups is 1. The van der Waals surface area contributed by atoms with Crippen molar-refractivity contribution >= 4 is 29.2 Å². The monoisotopic (exact) mass is 375 g/mol. The number of nitrogens with two attached hydrogens (primary N) is 1. The Balaban J connectivity index is 2.07. The molecular weight excluding hydrogens is 358 g/mol. The molecule has 0 fully saturated rings. The molecule has 0 radical (unpaired) electrons. The molecule has 0 spiro atoms. The quantitative estimate of drug-likeness (QED) is 0.658. The standard InChI is InChI=1S/C22H18ClN3O/c1-14-11-17(12-18(13-24)20-5-3-4-6-21(20)23)15(2)26(14)19-9-7-16(8-10-19)22(25)27/h3-12H,1-2H3,(H2,25,27). The van der Waals surface area contributed by atoms with Gasteiger partial charge in [0.05, 0.1) is 11.6 Å². The Morgan fingerprint density at radius 1 is 1.15 bits per heavy atom. The van der Waals surface area contributed by atoms with Gasteiger partial charge in [-0.05, 0) is 61.9 Å². The van der Waals surface area contributed by atoms with E-state index in [1.54, 1.807) is 18.2 Å². The summed E-state index contributed by atoms with van der Waals surface area (Å²) >= 11 is 6.24. The lowest BCUT2D eigenvalue weighted by molar-refractivity contribution is 0.100. The molecule has 0 atom stereocenters. The van der Waals surface area contributed by atoms with Crippen LogP contribution < -0.4 is 5.73 Å². The summed E-state index contributed by atoms with van der Waals surface area (Å²) in [5, 5.41) is 10.1. The summed E-state index contributed by atoms with van der Waals surface area (Å²) < 4.78 is 2.07. The second-order valence-electron chi connectivity index (χ2n) is 6.22. The lowest BCUT2D eigenvalue weighted by Gasteiger charge is -2.10. The van der Waals surface area contributed by atoms with Crippen LogP contribution >= 0.6 is 11.6 Å². The number of aromatic nitrogens is 1. The average Bonchev–Trinajstić information content (AvgIpc) is 2.93. The van der Waals surface area contributed by atoms with Crippen molar-refractivity contribution in [2.24, 2.45) is 5.73 Å². The molecular formula is C22H18ClN3O. The van der Waals surface area contributed by atoms with Crippen LogP contribution in [0.4, 0.5) is 0 Å². The van der Waals surface area contributed by atoms with Gasteiger partial charge >= 0.3 is 0 Å². The molecule has 27 heavy (non-hydrogen) atoms. The van der Waals surface area contributed by atoms with Crippen LogP contribution in [0.25, 0.3) is 17.3 Å². The van der Waals surface area contributed by atoms with Gasteiger partial charge in [0.15, 0.2) is 0 Å². The number of benzene rings is 2. The van der Waals surface area contributed by atoms with E-state index in [4.69, 9.17) is 17.3 Å². The highest BCUT2D eigenvalue weighted by molar-refractivity contribution is 6.32. The van der Waals surface area contributed by atoms with E-state index < -0.39 is 5.91 Å². The smallest absolute Gasteiger partial charge is 0.248 e. The van der Waals surface area contributed by atoms with Gasteiger partial charge in [-0.2, -0.15) is 5.26 Å². The van der Waals surface area contributed by atoms with Gasteiger partial charge in [-0.15, -0.1) is 0 Å². The van der Waals surface area contributed by atoms with Crippen LogP contribution in [0.3, 0.4) is 0 Å². The van der Waals surface area contributed by atoms with Crippen LogP contribution in [-0.2, 0) is 0 Å². The molecule has 1 aromatic heterocycles. The third-order valence-electron chi connectivity index (χ3n) is 4.46. The molecule has 0 aliphatic carbocycles. The van der Waals surface area contributed by atoms with E-state index in [2.05, 4.69) is 10.6 Å². The second-order valence-corrected chi connectivity index (χ2v) is 6.63. The molecule has 2 N–H and O–H groups in total. The number of amides is 1. The second kappa shape index (κ2) is 7.53. The van der Waals surface area contributed by atoms with Crippen LogP contribution in [0, 0.1) is 25.2 Å². The predicted molar refractivity (Wildman–Crippen MR) is 109 cm³/mol. The number of nitrogens with zero attached hydrogens (tertiary/aromatic N) is 2. The number of rotatable bonds is 4. The zero-order chi connectivity index (χ0) is 19.6. The fourth-order valence-corrected chi connectivity index (χ4v) is 3.35. The number of halogens is 1. The molecule has 0 saturated heterocycles. The number of carbonyl (C=O) groups excluding carboxylic acids is 1. The minimum Gasteiger partial charge on any atom is -0.366 e. The molecule has 0 saturated carbocycles. The Labute approximate surface area is 163 Å². The topological polar surface area (TPSA) is 71.8 Å². The maximum atomic E-state index is 11.3. The first kappa shape index (κ1) is 18.5. The number of hydrogen-bond acceptors (Lipinski definition) is 2. The van der Waals surface area contributed by atoms with Gasteiger partial charge in [0.2, 0.25) is 5.91 Å². The van der Waals surface area contributed by atoms with Crippen molar-refractivity contribution in [2.45, 2.75) is 13.8 Å². The van der Waals surface area contributed by atoms with E-state index in [1.807, 2.05) is 56.3 Å². The number of aryl methyl sites for hydroxylation is 1. The predicted octanol–water partition coefficient (Wildman–Crippen LogP) is 4.91. The molecule has 3 aromatic rings.